The smallest absolute Gasteiger partial charge is 0.256 e. The molecular weight excluding hydrogens is 369 g/mol. The van der Waals surface area contributed by atoms with Gasteiger partial charge in [0.05, 0.1) is 10.5 Å². The largest absolute Gasteiger partial charge is 0.339 e. The number of nitrogens with one attached hydrogen (secondary N) is 1. The predicted octanol–water partition coefficient (Wildman–Crippen LogP) is 1.50. The van der Waals surface area contributed by atoms with Crippen LogP contribution in [-0.4, -0.2) is 44.9 Å². The molecule has 1 amide bonds. The number of nitrogens with zero attached hydrogens (tertiary/aromatic N) is 1. The lowest BCUT2D eigenvalue weighted by atomic mass is 10.2. The van der Waals surface area contributed by atoms with E-state index in [1.54, 1.807) is 4.90 Å². The average molecular weight is 392 g/mol. The van der Waals surface area contributed by atoms with Crippen LogP contribution < -0.4 is 10.5 Å². The van der Waals surface area contributed by atoms with Crippen LogP contribution in [0.3, 0.4) is 0 Å². The van der Waals surface area contributed by atoms with Crippen molar-refractivity contribution in [3.8, 4) is 0 Å². The molecule has 1 saturated heterocycles. The number of nitrogens with two attached hydrogens (primary N) is 1. The first-order valence-corrected chi connectivity index (χ1v) is 9.71. The van der Waals surface area contributed by atoms with Gasteiger partial charge < -0.3 is 10.6 Å². The second kappa shape index (κ2) is 7.99. The van der Waals surface area contributed by atoms with Crippen LogP contribution in [0, 0.1) is 11.7 Å². The van der Waals surface area contributed by atoms with Gasteiger partial charge in [-0.25, -0.2) is 17.5 Å². The van der Waals surface area contributed by atoms with E-state index in [0.29, 0.717) is 19.0 Å². The van der Waals surface area contributed by atoms with Crippen LogP contribution >= 0.6 is 12.4 Å². The van der Waals surface area contributed by atoms with E-state index in [-0.39, 0.29) is 35.5 Å². The van der Waals surface area contributed by atoms with Gasteiger partial charge in [-0.1, -0.05) is 0 Å². The number of likely N-dealkylation sites (tertiary alicyclic amines) is 1. The standard InChI is InChI=1S/C16H22FN3O3S.ClH/c17-14-9-12(24(22,23)19-10-15(18)11-3-4-11)5-6-13(14)16(21)20-7-1-2-8-20;/h5-6,9,11,15,19H,1-4,7-8,10,18H2;1H. The summed E-state index contributed by atoms with van der Waals surface area (Å²) in [5.41, 5.74) is 5.78. The highest BCUT2D eigenvalue weighted by Crippen LogP contribution is 2.31. The number of hydrogen-bond donors (Lipinski definition) is 2. The second-order valence-corrected chi connectivity index (χ2v) is 8.26. The second-order valence-electron chi connectivity index (χ2n) is 6.49. The lowest BCUT2D eigenvalue weighted by molar-refractivity contribution is 0.0788. The van der Waals surface area contributed by atoms with Gasteiger partial charge in [-0.2, -0.15) is 0 Å². The molecule has 1 aromatic carbocycles. The topological polar surface area (TPSA) is 92.5 Å². The van der Waals surface area contributed by atoms with Crippen LogP contribution in [-0.2, 0) is 10.0 Å². The minimum absolute atomic E-state index is 0. The van der Waals surface area contributed by atoms with Gasteiger partial charge in [0.1, 0.15) is 5.82 Å². The molecule has 1 aliphatic carbocycles. The van der Waals surface area contributed by atoms with Crippen molar-refractivity contribution in [2.45, 2.75) is 36.6 Å². The van der Waals surface area contributed by atoms with Crippen LogP contribution in [0.1, 0.15) is 36.0 Å². The number of benzene rings is 1. The van der Waals surface area contributed by atoms with E-state index in [9.17, 15) is 17.6 Å². The number of hydrogen-bond acceptors (Lipinski definition) is 4. The molecule has 9 heteroatoms. The predicted molar refractivity (Wildman–Crippen MR) is 94.7 cm³/mol. The van der Waals surface area contributed by atoms with Crippen molar-refractivity contribution in [2.24, 2.45) is 11.7 Å². The Bertz CT molecular complexity index is 734. The Balaban J connectivity index is 0.00000225. The Kier molecular flexibility index (Phi) is 6.42. The van der Waals surface area contributed by atoms with Crippen molar-refractivity contribution in [3.05, 3.63) is 29.6 Å². The van der Waals surface area contributed by atoms with Crippen LogP contribution in [0.4, 0.5) is 4.39 Å². The molecule has 0 radical (unpaired) electrons. The van der Waals surface area contributed by atoms with Gasteiger partial charge >= 0.3 is 0 Å². The molecule has 0 spiro atoms. The zero-order valence-corrected chi connectivity index (χ0v) is 15.4. The normalized spacial score (nSPS) is 18.7. The minimum atomic E-state index is -3.84. The third kappa shape index (κ3) is 4.69. The summed E-state index contributed by atoms with van der Waals surface area (Å²) in [7, 11) is -3.84. The maximum absolute atomic E-state index is 14.3. The van der Waals surface area contributed by atoms with Crippen molar-refractivity contribution < 1.29 is 17.6 Å². The summed E-state index contributed by atoms with van der Waals surface area (Å²) >= 11 is 0. The number of halogens is 2. The average Bonchev–Trinajstić information content (AvgIpc) is 3.26. The van der Waals surface area contributed by atoms with Gasteiger partial charge in [0, 0.05) is 25.7 Å². The fourth-order valence-electron chi connectivity index (χ4n) is 2.91. The molecule has 3 N–H and O–H groups in total. The van der Waals surface area contributed by atoms with Crippen molar-refractivity contribution in [1.29, 1.82) is 0 Å². The Morgan fingerprint density at radius 2 is 1.96 bits per heavy atom. The van der Waals surface area contributed by atoms with Crippen molar-refractivity contribution >= 4 is 28.3 Å². The van der Waals surface area contributed by atoms with Crippen LogP contribution in [0.25, 0.3) is 0 Å². The van der Waals surface area contributed by atoms with Crippen LogP contribution in [0.5, 0.6) is 0 Å². The van der Waals surface area contributed by atoms with Crippen LogP contribution in [0.2, 0.25) is 0 Å². The zero-order valence-electron chi connectivity index (χ0n) is 13.8. The maximum Gasteiger partial charge on any atom is 0.256 e. The number of carbonyl (C=O) groups excluding carboxylic acids is 1. The van der Waals surface area contributed by atoms with Crippen LogP contribution in [0.15, 0.2) is 23.1 Å². The molecule has 2 fully saturated rings. The molecule has 1 atom stereocenters. The molecular formula is C16H23ClFN3O3S. The van der Waals surface area contributed by atoms with Gasteiger partial charge in [0.15, 0.2) is 0 Å². The van der Waals surface area contributed by atoms with E-state index in [1.807, 2.05) is 0 Å². The summed E-state index contributed by atoms with van der Waals surface area (Å²) in [6.07, 6.45) is 3.85. The molecule has 6 nitrogen and oxygen atoms in total. The number of sulfonamides is 1. The summed E-state index contributed by atoms with van der Waals surface area (Å²) in [6.45, 7) is 1.35. The quantitative estimate of drug-likeness (QED) is 0.768. The van der Waals surface area contributed by atoms with Gasteiger partial charge in [-0.15, -0.1) is 12.4 Å². The first-order valence-electron chi connectivity index (χ1n) is 8.22. The van der Waals surface area contributed by atoms with E-state index in [2.05, 4.69) is 4.72 Å². The van der Waals surface area contributed by atoms with Gasteiger partial charge in [-0.05, 0) is 49.8 Å². The highest BCUT2D eigenvalue weighted by atomic mass is 35.5. The molecule has 1 saturated carbocycles. The minimum Gasteiger partial charge on any atom is -0.339 e. The fraction of sp³-hybridized carbons (Fsp3) is 0.562. The third-order valence-corrected chi connectivity index (χ3v) is 6.03. The van der Waals surface area contributed by atoms with E-state index in [1.165, 1.54) is 12.1 Å². The van der Waals surface area contributed by atoms with E-state index in [0.717, 1.165) is 31.7 Å². The Labute approximate surface area is 153 Å². The molecule has 1 heterocycles. The Morgan fingerprint density at radius 1 is 1.32 bits per heavy atom. The molecule has 2 aliphatic rings. The van der Waals surface area contributed by atoms with Gasteiger partial charge in [0.2, 0.25) is 10.0 Å². The van der Waals surface area contributed by atoms with E-state index >= 15 is 0 Å². The lowest BCUT2D eigenvalue weighted by Crippen LogP contribution is -2.38. The van der Waals surface area contributed by atoms with Crippen molar-refractivity contribution in [1.82, 2.24) is 9.62 Å². The van der Waals surface area contributed by atoms with Gasteiger partial charge in [-0.3, -0.25) is 4.79 Å². The Morgan fingerprint density at radius 3 is 2.52 bits per heavy atom. The molecule has 25 heavy (non-hydrogen) atoms. The number of carbonyl (C=O) groups is 1. The zero-order chi connectivity index (χ0) is 17.3. The third-order valence-electron chi connectivity index (χ3n) is 4.61. The number of rotatable bonds is 6. The van der Waals surface area contributed by atoms with Crippen molar-refractivity contribution in [3.63, 3.8) is 0 Å². The molecule has 1 unspecified atom stereocenters. The highest BCUT2D eigenvalue weighted by molar-refractivity contribution is 7.89. The molecule has 0 bridgehead atoms. The summed E-state index contributed by atoms with van der Waals surface area (Å²) < 4.78 is 41.2. The summed E-state index contributed by atoms with van der Waals surface area (Å²) in [5.74, 6) is -0.844. The first kappa shape index (κ1) is 20.1. The summed E-state index contributed by atoms with van der Waals surface area (Å²) in [5, 5.41) is 0. The van der Waals surface area contributed by atoms with E-state index in [4.69, 9.17) is 5.73 Å². The SMILES string of the molecule is Cl.NC(CNS(=O)(=O)c1ccc(C(=O)N2CCCC2)c(F)c1)C1CC1. The lowest BCUT2D eigenvalue weighted by Gasteiger charge is -2.16. The molecule has 1 aliphatic heterocycles. The Hall–Kier alpha value is -1.22. The fourth-order valence-corrected chi connectivity index (χ4v) is 3.99. The monoisotopic (exact) mass is 391 g/mol. The number of amides is 1. The summed E-state index contributed by atoms with van der Waals surface area (Å²) in [6, 6.07) is 3.18. The highest BCUT2D eigenvalue weighted by Gasteiger charge is 2.30. The first-order chi connectivity index (χ1) is 11.4. The van der Waals surface area contributed by atoms with Crippen molar-refractivity contribution in [2.75, 3.05) is 19.6 Å². The maximum atomic E-state index is 14.3. The molecule has 3 rings (SSSR count). The van der Waals surface area contributed by atoms with E-state index < -0.39 is 21.7 Å². The van der Waals surface area contributed by atoms with Gasteiger partial charge in [0.25, 0.3) is 5.91 Å². The summed E-state index contributed by atoms with van der Waals surface area (Å²) in [4.78, 5) is 13.6. The molecule has 140 valence electrons. The molecule has 1 aromatic rings. The molecule has 0 aromatic heterocycles.